The van der Waals surface area contributed by atoms with Crippen LogP contribution in [0.3, 0.4) is 0 Å². The third-order valence-electron chi connectivity index (χ3n) is 6.97. The van der Waals surface area contributed by atoms with Crippen molar-refractivity contribution >= 4 is 0 Å². The summed E-state index contributed by atoms with van der Waals surface area (Å²) in [5, 5.41) is 0. The first kappa shape index (κ1) is 5.75. The molecule has 1 aliphatic heterocycles. The maximum atomic E-state index is 5.92. The van der Waals surface area contributed by atoms with E-state index >= 15 is 0 Å². The lowest BCUT2D eigenvalue weighted by atomic mass is 9.57. The van der Waals surface area contributed by atoms with E-state index in [0.717, 1.165) is 36.2 Å². The van der Waals surface area contributed by atoms with Crippen molar-refractivity contribution in [3.63, 3.8) is 0 Å². The molecule has 0 unspecified atom stereocenters. The molecule has 1 saturated heterocycles. The summed E-state index contributed by atoms with van der Waals surface area (Å²) in [6, 6.07) is 0. The Kier molecular flexibility index (Phi) is 0.551. The Labute approximate surface area is 77.8 Å². The number of fused-ring (bicyclic) bond motifs is 4. The van der Waals surface area contributed by atoms with Gasteiger partial charge in [-0.2, -0.15) is 0 Å². The Morgan fingerprint density at radius 1 is 0.846 bits per heavy atom. The summed E-state index contributed by atoms with van der Waals surface area (Å²) in [7, 11) is 0. The van der Waals surface area contributed by atoms with Gasteiger partial charge in [0, 0.05) is 0 Å². The fourth-order valence-electron chi connectivity index (χ4n) is 7.16. The molecule has 1 heteroatoms. The van der Waals surface area contributed by atoms with Crippen molar-refractivity contribution in [1.82, 2.24) is 0 Å². The monoisotopic (exact) mass is 174 g/mol. The molecule has 5 aliphatic carbocycles. The highest BCUT2D eigenvalue weighted by Gasteiger charge is 2.88. The van der Waals surface area contributed by atoms with E-state index < -0.39 is 0 Å². The van der Waals surface area contributed by atoms with Crippen molar-refractivity contribution in [2.45, 2.75) is 18.4 Å². The Morgan fingerprint density at radius 3 is 2.46 bits per heavy atom. The van der Waals surface area contributed by atoms with Crippen molar-refractivity contribution in [2.24, 2.45) is 47.3 Å². The van der Waals surface area contributed by atoms with E-state index in [2.05, 4.69) is 0 Å². The van der Waals surface area contributed by atoms with Crippen molar-refractivity contribution < 1.29 is 4.74 Å². The molecule has 6 rings (SSSR count). The minimum Gasteiger partial charge on any atom is -0.369 e. The zero-order valence-electron chi connectivity index (χ0n) is 7.65. The third-order valence-corrected chi connectivity index (χ3v) is 6.97. The van der Waals surface area contributed by atoms with Crippen LogP contribution in [0.4, 0.5) is 0 Å². The molecule has 0 aromatic heterocycles. The molecule has 0 N–H and O–H groups in total. The Hall–Kier alpha value is -0.0400. The van der Waals surface area contributed by atoms with Crippen molar-refractivity contribution in [1.29, 1.82) is 0 Å². The first-order chi connectivity index (χ1) is 6.42. The van der Waals surface area contributed by atoms with Crippen LogP contribution >= 0.6 is 0 Å². The molecule has 6 aliphatic rings. The average Bonchev–Trinajstić information content (AvgIpc) is 2.54. The van der Waals surface area contributed by atoms with Crippen LogP contribution in [0.15, 0.2) is 0 Å². The molecule has 9 atom stereocenters. The lowest BCUT2D eigenvalue weighted by Gasteiger charge is -2.46. The number of hydrogen-bond acceptors (Lipinski definition) is 1. The predicted molar refractivity (Wildman–Crippen MR) is 45.8 cm³/mol. The van der Waals surface area contributed by atoms with Gasteiger partial charge in [-0.1, -0.05) is 0 Å². The molecule has 13 heavy (non-hydrogen) atoms. The normalized spacial score (nSPS) is 88.6. The van der Waals surface area contributed by atoms with Gasteiger partial charge in [0.1, 0.15) is 0 Å². The van der Waals surface area contributed by atoms with E-state index in [9.17, 15) is 0 Å². The van der Waals surface area contributed by atoms with E-state index in [-0.39, 0.29) is 0 Å². The molecule has 0 aromatic carbocycles. The topological polar surface area (TPSA) is 12.5 Å². The predicted octanol–water partition coefficient (Wildman–Crippen LogP) is 1.53. The first-order valence-corrected chi connectivity index (χ1v) is 6.06. The van der Waals surface area contributed by atoms with Gasteiger partial charge in [0.2, 0.25) is 0 Å². The molecule has 2 bridgehead atoms. The molecule has 0 aromatic rings. The van der Waals surface area contributed by atoms with Crippen LogP contribution in [0.2, 0.25) is 0 Å². The molecule has 0 amide bonds. The smallest absolute Gasteiger partial charge is 0.0983 e. The third kappa shape index (κ3) is 0.319. The Morgan fingerprint density at radius 2 is 1.62 bits per heavy atom. The molecule has 1 heterocycles. The summed E-state index contributed by atoms with van der Waals surface area (Å²) in [5.41, 5.74) is 0.505. The molecule has 1 spiro atoms. The van der Waals surface area contributed by atoms with Gasteiger partial charge in [0.15, 0.2) is 0 Å². The first-order valence-electron chi connectivity index (χ1n) is 6.06. The standard InChI is InChI=1S/C12H14O/c1-4-5-2-6-8(4)9-7(1)10(5)12(3-13-12)11(6)9/h4-11H,1-3H2/t4-,5-,6+,7-,8+,9-,10+,11-,12+/m0/s1. The van der Waals surface area contributed by atoms with Crippen LogP contribution in [0.1, 0.15) is 12.8 Å². The van der Waals surface area contributed by atoms with Gasteiger partial charge < -0.3 is 4.74 Å². The second kappa shape index (κ2) is 1.25. The highest BCUT2D eigenvalue weighted by molar-refractivity contribution is 5.35. The second-order valence-electron chi connectivity index (χ2n) is 6.58. The van der Waals surface area contributed by atoms with Crippen molar-refractivity contribution in [3.05, 3.63) is 0 Å². The quantitative estimate of drug-likeness (QED) is 0.507. The zero-order chi connectivity index (χ0) is 7.95. The van der Waals surface area contributed by atoms with Gasteiger partial charge in [0.05, 0.1) is 12.2 Å². The highest BCUT2D eigenvalue weighted by Crippen LogP contribution is 2.87. The summed E-state index contributed by atoms with van der Waals surface area (Å²) in [6.45, 7) is 1.15. The lowest BCUT2D eigenvalue weighted by Crippen LogP contribution is -2.47. The molecule has 6 fully saturated rings. The van der Waals surface area contributed by atoms with Gasteiger partial charge in [0.25, 0.3) is 0 Å². The van der Waals surface area contributed by atoms with E-state index in [1.54, 1.807) is 12.8 Å². The van der Waals surface area contributed by atoms with Crippen LogP contribution in [-0.4, -0.2) is 12.2 Å². The van der Waals surface area contributed by atoms with Crippen LogP contribution in [-0.2, 0) is 4.74 Å². The van der Waals surface area contributed by atoms with Gasteiger partial charge in [-0.15, -0.1) is 0 Å². The lowest BCUT2D eigenvalue weighted by molar-refractivity contribution is -0.0168. The second-order valence-corrected chi connectivity index (χ2v) is 6.58. The minimum absolute atomic E-state index is 0.505. The molecule has 68 valence electrons. The van der Waals surface area contributed by atoms with Gasteiger partial charge in [-0.05, 0) is 60.2 Å². The van der Waals surface area contributed by atoms with Crippen LogP contribution in [0.5, 0.6) is 0 Å². The maximum absolute atomic E-state index is 5.92. The highest BCUT2D eigenvalue weighted by atomic mass is 16.6. The largest absolute Gasteiger partial charge is 0.369 e. The molecule has 5 saturated carbocycles. The molecule has 1 nitrogen and oxygen atoms in total. The summed E-state index contributed by atoms with van der Waals surface area (Å²) < 4.78 is 5.92. The van der Waals surface area contributed by atoms with E-state index in [0.29, 0.717) is 5.60 Å². The summed E-state index contributed by atoms with van der Waals surface area (Å²) >= 11 is 0. The van der Waals surface area contributed by atoms with E-state index in [1.165, 1.54) is 17.8 Å². The number of ether oxygens (including phenoxy) is 1. The summed E-state index contributed by atoms with van der Waals surface area (Å²) in [4.78, 5) is 0. The molecule has 0 radical (unpaired) electrons. The van der Waals surface area contributed by atoms with Gasteiger partial charge >= 0.3 is 0 Å². The molecular weight excluding hydrogens is 160 g/mol. The SMILES string of the molecule is C1[C@@H]2[C@H]3[C@H]4C[C@H]5[C@@H]3[C@H]2[C@@]2(CO2)[C@@H]5[C@@H]14. The fourth-order valence-corrected chi connectivity index (χ4v) is 7.16. The van der Waals surface area contributed by atoms with Crippen LogP contribution in [0, 0.1) is 47.3 Å². The Balaban J connectivity index is 1.76. The van der Waals surface area contributed by atoms with Crippen molar-refractivity contribution in [3.8, 4) is 0 Å². The van der Waals surface area contributed by atoms with E-state index in [1.807, 2.05) is 0 Å². The zero-order valence-corrected chi connectivity index (χ0v) is 7.65. The Bertz CT molecular complexity index is 339. The van der Waals surface area contributed by atoms with Crippen molar-refractivity contribution in [2.75, 3.05) is 6.61 Å². The number of epoxide rings is 1. The summed E-state index contributed by atoms with van der Waals surface area (Å²) in [6.07, 6.45) is 3.23. The number of hydrogen-bond donors (Lipinski definition) is 0. The van der Waals surface area contributed by atoms with Crippen LogP contribution < -0.4 is 0 Å². The molecular formula is C12H14O. The summed E-state index contributed by atoms with van der Waals surface area (Å²) in [5.74, 6) is 9.11. The van der Waals surface area contributed by atoms with Gasteiger partial charge in [-0.3, -0.25) is 0 Å². The van der Waals surface area contributed by atoms with E-state index in [4.69, 9.17) is 4.74 Å². The minimum atomic E-state index is 0.505. The van der Waals surface area contributed by atoms with Crippen LogP contribution in [0.25, 0.3) is 0 Å². The maximum Gasteiger partial charge on any atom is 0.0983 e. The van der Waals surface area contributed by atoms with Gasteiger partial charge in [-0.25, -0.2) is 0 Å². The average molecular weight is 174 g/mol. The fraction of sp³-hybridized carbons (Fsp3) is 1.00. The number of rotatable bonds is 0.